The van der Waals surface area contributed by atoms with E-state index in [1.807, 2.05) is 54.6 Å². The number of carboxylic acid groups (broad SMARTS) is 1. The van der Waals surface area contributed by atoms with Crippen LogP contribution in [0.4, 0.5) is 0 Å². The van der Waals surface area contributed by atoms with Crippen molar-refractivity contribution in [1.82, 2.24) is 0 Å². The smallest absolute Gasteiger partial charge is 0.366 e. The summed E-state index contributed by atoms with van der Waals surface area (Å²) >= 11 is 0. The third kappa shape index (κ3) is 2.45. The van der Waals surface area contributed by atoms with Crippen molar-refractivity contribution < 1.29 is 32.8 Å². The molecule has 2 aromatic rings. The van der Waals surface area contributed by atoms with Gasteiger partial charge in [-0.1, -0.05) is 42.5 Å². The Morgan fingerprint density at radius 1 is 1.05 bits per heavy atom. The molecule has 3 atom stereocenters. The molecule has 3 rings (SSSR count). The maximum absolute atomic E-state index is 11.7. The van der Waals surface area contributed by atoms with E-state index in [2.05, 4.69) is 5.73 Å². The zero-order valence-corrected chi connectivity index (χ0v) is 13.0. The number of carbonyl (C=O) groups is 1. The Labute approximate surface area is 135 Å². The van der Waals surface area contributed by atoms with Crippen LogP contribution in [-0.2, 0) is 4.79 Å². The van der Waals surface area contributed by atoms with E-state index in [1.165, 1.54) is 0 Å². The minimum atomic E-state index is -0.990. The predicted octanol–water partition coefficient (Wildman–Crippen LogP) is -1.35. The first-order valence-electron chi connectivity index (χ1n) is 6.86. The maximum Gasteiger partial charge on any atom is 0.366 e. The number of aliphatic carboxylic acids is 1. The Morgan fingerprint density at radius 2 is 1.55 bits per heavy atom. The van der Waals surface area contributed by atoms with Crippen LogP contribution >= 0.6 is 0 Å². The first-order chi connectivity index (χ1) is 10.1. The van der Waals surface area contributed by atoms with Crippen LogP contribution in [0.3, 0.4) is 0 Å². The van der Waals surface area contributed by atoms with E-state index in [-0.39, 0.29) is 24.2 Å². The average molecular weight is 320 g/mol. The maximum atomic E-state index is 11.7. The van der Waals surface area contributed by atoms with Gasteiger partial charge in [-0.25, -0.2) is 4.79 Å². The molecule has 116 valence electrons. The van der Waals surface area contributed by atoms with E-state index in [1.54, 1.807) is 7.11 Å². The first-order valence-corrected chi connectivity index (χ1v) is 6.86. The Balaban J connectivity index is 0.00000176. The molecule has 1 fully saturated rings. The molecule has 0 unspecified atom stereocenters. The summed E-state index contributed by atoms with van der Waals surface area (Å²) in [6.07, 6.45) is 0. The molecule has 5 heteroatoms. The number of carboxylic acids is 1. The minimum Gasteiger partial charge on any atom is -1.00 e. The lowest BCUT2D eigenvalue weighted by molar-refractivity contribution is -0.428. The van der Waals surface area contributed by atoms with Crippen LogP contribution in [0.1, 0.15) is 23.0 Å². The lowest BCUT2D eigenvalue weighted by Crippen LogP contribution is -3.00. The highest BCUT2D eigenvalue weighted by Crippen LogP contribution is 2.60. The zero-order chi connectivity index (χ0) is 15.0. The van der Waals surface area contributed by atoms with E-state index >= 15 is 0 Å². The topological polar surface area (TPSA) is 74.2 Å². The molecule has 1 aliphatic rings. The van der Waals surface area contributed by atoms with Gasteiger partial charge in [-0.3, -0.25) is 0 Å². The van der Waals surface area contributed by atoms with Gasteiger partial charge in [0.05, 0.1) is 18.9 Å². The summed E-state index contributed by atoms with van der Waals surface area (Å²) in [5.74, 6) is -0.286. The Morgan fingerprint density at radius 3 is 2.00 bits per heavy atom. The van der Waals surface area contributed by atoms with Crippen molar-refractivity contribution in [3.63, 3.8) is 0 Å². The summed E-state index contributed by atoms with van der Waals surface area (Å²) in [7, 11) is 1.61. The summed E-state index contributed by atoms with van der Waals surface area (Å²) in [6.45, 7) is 0. The van der Waals surface area contributed by atoms with Gasteiger partial charge in [0.2, 0.25) is 5.54 Å². The molecule has 0 saturated heterocycles. The number of benzene rings is 2. The standard InChI is InChI=1S/C17H17NO3.ClH/c1-21-13-9-7-12(8-10-13)15-14(17(15,18)16(19)20)11-5-3-2-4-6-11;/h2-10,14-15H,18H2,1H3,(H,19,20);1H/t14-,15-,17+;/m1./s1. The van der Waals surface area contributed by atoms with Gasteiger partial charge in [-0.15, -0.1) is 0 Å². The molecule has 0 aromatic heterocycles. The van der Waals surface area contributed by atoms with Crippen LogP contribution in [0.25, 0.3) is 0 Å². The number of quaternary nitrogens is 1. The second-order valence-corrected chi connectivity index (χ2v) is 5.48. The van der Waals surface area contributed by atoms with Crippen molar-refractivity contribution in [1.29, 1.82) is 0 Å². The summed E-state index contributed by atoms with van der Waals surface area (Å²) in [5.41, 5.74) is 5.03. The number of methoxy groups -OCH3 is 1. The predicted molar refractivity (Wildman–Crippen MR) is 78.2 cm³/mol. The van der Waals surface area contributed by atoms with Gasteiger partial charge in [0.15, 0.2) is 0 Å². The minimum absolute atomic E-state index is 0. The highest BCUT2D eigenvalue weighted by molar-refractivity contribution is 5.86. The highest BCUT2D eigenvalue weighted by Gasteiger charge is 2.73. The van der Waals surface area contributed by atoms with Crippen LogP contribution in [0.5, 0.6) is 5.75 Å². The molecule has 0 aliphatic heterocycles. The van der Waals surface area contributed by atoms with Crippen LogP contribution < -0.4 is 22.9 Å². The fraction of sp³-hybridized carbons (Fsp3) is 0.235. The molecule has 0 bridgehead atoms. The summed E-state index contributed by atoms with van der Waals surface area (Å²) in [6, 6.07) is 17.3. The second kappa shape index (κ2) is 5.99. The number of rotatable bonds is 4. The van der Waals surface area contributed by atoms with Crippen LogP contribution in [0.15, 0.2) is 54.6 Å². The second-order valence-electron chi connectivity index (χ2n) is 5.48. The molecule has 4 nitrogen and oxygen atoms in total. The van der Waals surface area contributed by atoms with Crippen LogP contribution in [0, 0.1) is 0 Å². The highest BCUT2D eigenvalue weighted by atomic mass is 35.5. The fourth-order valence-electron chi connectivity index (χ4n) is 3.16. The van der Waals surface area contributed by atoms with Crippen molar-refractivity contribution in [3.05, 3.63) is 65.7 Å². The van der Waals surface area contributed by atoms with Crippen molar-refractivity contribution in [2.45, 2.75) is 17.4 Å². The van der Waals surface area contributed by atoms with Crippen molar-refractivity contribution in [3.8, 4) is 5.75 Å². The van der Waals surface area contributed by atoms with E-state index < -0.39 is 11.5 Å². The summed E-state index contributed by atoms with van der Waals surface area (Å²) in [5, 5.41) is 9.59. The lowest BCUT2D eigenvalue weighted by Gasteiger charge is -2.03. The lowest BCUT2D eigenvalue weighted by atomic mass is 10.0. The van der Waals surface area contributed by atoms with Gasteiger partial charge in [0, 0.05) is 0 Å². The van der Waals surface area contributed by atoms with Gasteiger partial charge < -0.3 is 28.0 Å². The Kier molecular flexibility index (Phi) is 4.44. The van der Waals surface area contributed by atoms with E-state index in [4.69, 9.17) is 4.74 Å². The summed E-state index contributed by atoms with van der Waals surface area (Å²) < 4.78 is 5.15. The number of hydrogen-bond donors (Lipinski definition) is 2. The zero-order valence-electron chi connectivity index (χ0n) is 12.2. The molecule has 1 aliphatic carbocycles. The van der Waals surface area contributed by atoms with Crippen LogP contribution in [0.2, 0.25) is 0 Å². The fourth-order valence-corrected chi connectivity index (χ4v) is 3.16. The third-order valence-electron chi connectivity index (χ3n) is 4.37. The van der Waals surface area contributed by atoms with Gasteiger partial charge in [0.1, 0.15) is 5.75 Å². The number of halogens is 1. The summed E-state index contributed by atoms with van der Waals surface area (Å²) in [4.78, 5) is 11.7. The van der Waals surface area contributed by atoms with Crippen molar-refractivity contribution >= 4 is 5.97 Å². The molecule has 0 amide bonds. The molecule has 4 N–H and O–H groups in total. The average Bonchev–Trinajstić information content (AvgIpc) is 3.16. The molecule has 0 radical (unpaired) electrons. The van der Waals surface area contributed by atoms with Gasteiger partial charge >= 0.3 is 5.97 Å². The Hall–Kier alpha value is -2.04. The van der Waals surface area contributed by atoms with Gasteiger partial charge in [-0.05, 0) is 23.3 Å². The van der Waals surface area contributed by atoms with Crippen LogP contribution in [-0.4, -0.2) is 23.7 Å². The monoisotopic (exact) mass is 319 g/mol. The molecule has 0 heterocycles. The van der Waals surface area contributed by atoms with E-state index in [0.29, 0.717) is 0 Å². The van der Waals surface area contributed by atoms with Crippen molar-refractivity contribution in [2.75, 3.05) is 7.11 Å². The van der Waals surface area contributed by atoms with Gasteiger partial charge in [0.25, 0.3) is 0 Å². The molecule has 0 spiro atoms. The molecule has 1 saturated carbocycles. The van der Waals surface area contributed by atoms with Crippen molar-refractivity contribution in [2.24, 2.45) is 0 Å². The molecular formula is C17H18ClNO3. The quantitative estimate of drug-likeness (QED) is 0.731. The largest absolute Gasteiger partial charge is 1.00 e. The molecule has 2 aromatic carbocycles. The van der Waals surface area contributed by atoms with Gasteiger partial charge in [-0.2, -0.15) is 0 Å². The molecular weight excluding hydrogens is 302 g/mol. The third-order valence-corrected chi connectivity index (χ3v) is 4.37. The molecule has 22 heavy (non-hydrogen) atoms. The van der Waals surface area contributed by atoms with E-state index in [9.17, 15) is 9.90 Å². The Bertz CT molecular complexity index is 659. The number of hydrogen-bond acceptors (Lipinski definition) is 2. The number of ether oxygens (including phenoxy) is 1. The van der Waals surface area contributed by atoms with E-state index in [0.717, 1.165) is 16.9 Å². The normalized spacial score (nSPS) is 25.9. The first kappa shape index (κ1) is 16.3. The SMILES string of the molecule is COc1ccc([C@@H]2[C@@H](c3ccccc3)[C@@]2([NH3+])C(=O)O)cc1.[Cl-].